The molecule has 1 aromatic carbocycles. The minimum absolute atomic E-state index is 0.0179. The lowest BCUT2D eigenvalue weighted by atomic mass is 10.1. The van der Waals surface area contributed by atoms with Crippen LogP contribution in [0.25, 0.3) is 0 Å². The molecule has 1 rings (SSSR count). The molecule has 0 aliphatic carbocycles. The zero-order valence-electron chi connectivity index (χ0n) is 12.2. The summed E-state index contributed by atoms with van der Waals surface area (Å²) in [5.41, 5.74) is -3.32. The van der Waals surface area contributed by atoms with E-state index in [1.54, 1.807) is 11.4 Å². The fourth-order valence-electron chi connectivity index (χ4n) is 1.67. The summed E-state index contributed by atoms with van der Waals surface area (Å²) in [7, 11) is 0. The monoisotopic (exact) mass is 318 g/mol. The molecule has 122 valence electrons. The van der Waals surface area contributed by atoms with Crippen molar-refractivity contribution in [2.24, 2.45) is 0 Å². The normalized spacial score (nSPS) is 13.9. The van der Waals surface area contributed by atoms with Gasteiger partial charge in [-0.3, -0.25) is 4.79 Å². The molecule has 0 fully saturated rings. The van der Waals surface area contributed by atoms with E-state index in [0.29, 0.717) is 0 Å². The Bertz CT molecular complexity index is 520. The maximum Gasteiger partial charge on any atom is 0.441 e. The van der Waals surface area contributed by atoms with Crippen LogP contribution < -0.4 is 10.6 Å². The van der Waals surface area contributed by atoms with Crippen molar-refractivity contribution in [2.45, 2.75) is 32.1 Å². The third kappa shape index (κ3) is 3.90. The van der Waals surface area contributed by atoms with Gasteiger partial charge in [0.15, 0.2) is 0 Å². The van der Waals surface area contributed by atoms with Crippen molar-refractivity contribution in [2.75, 3.05) is 11.9 Å². The van der Waals surface area contributed by atoms with E-state index in [1.807, 2.05) is 0 Å². The number of para-hydroxylation sites is 1. The number of carbonyl (C=O) groups excluding carboxylic acids is 2. The first-order valence-electron chi connectivity index (χ1n) is 6.65. The number of halogens is 3. The van der Waals surface area contributed by atoms with Crippen LogP contribution in [0.4, 0.5) is 18.9 Å². The largest absolute Gasteiger partial charge is 0.463 e. The zero-order chi connectivity index (χ0) is 16.8. The van der Waals surface area contributed by atoms with Crippen molar-refractivity contribution >= 4 is 17.6 Å². The number of carbonyl (C=O) groups is 2. The molecule has 0 aliphatic heterocycles. The first-order chi connectivity index (χ1) is 10.3. The minimum atomic E-state index is -5.10. The first-order valence-corrected chi connectivity index (χ1v) is 6.65. The molecule has 0 bridgehead atoms. The van der Waals surface area contributed by atoms with Gasteiger partial charge in [0.25, 0.3) is 0 Å². The van der Waals surface area contributed by atoms with Crippen LogP contribution in [-0.2, 0) is 14.3 Å². The SMILES string of the molecule is CCOC(=O)[C@@](NC(=O)CC)(Nc1ccccc1)C(F)(F)F. The molecule has 0 unspecified atom stereocenters. The van der Waals surface area contributed by atoms with Crippen molar-refractivity contribution in [3.63, 3.8) is 0 Å². The van der Waals surface area contributed by atoms with E-state index in [0.717, 1.165) is 0 Å². The van der Waals surface area contributed by atoms with E-state index in [4.69, 9.17) is 0 Å². The quantitative estimate of drug-likeness (QED) is 0.624. The highest BCUT2D eigenvalue weighted by molar-refractivity contribution is 5.91. The second-order valence-corrected chi connectivity index (χ2v) is 4.36. The van der Waals surface area contributed by atoms with Gasteiger partial charge in [0.2, 0.25) is 5.91 Å². The molecule has 22 heavy (non-hydrogen) atoms. The van der Waals surface area contributed by atoms with Crippen LogP contribution in [0.5, 0.6) is 0 Å². The van der Waals surface area contributed by atoms with E-state index in [-0.39, 0.29) is 18.7 Å². The predicted octanol–water partition coefficient (Wildman–Crippen LogP) is 2.45. The maximum absolute atomic E-state index is 13.6. The summed E-state index contributed by atoms with van der Waals surface area (Å²) < 4.78 is 45.2. The molecule has 1 amide bonds. The average Bonchev–Trinajstić information content (AvgIpc) is 2.46. The van der Waals surface area contributed by atoms with Gasteiger partial charge in [-0.1, -0.05) is 25.1 Å². The van der Waals surface area contributed by atoms with Crippen LogP contribution >= 0.6 is 0 Å². The molecule has 0 saturated carbocycles. The molecule has 0 heterocycles. The lowest BCUT2D eigenvalue weighted by molar-refractivity contribution is -0.207. The first kappa shape index (κ1) is 17.8. The van der Waals surface area contributed by atoms with E-state index in [2.05, 4.69) is 10.1 Å². The van der Waals surface area contributed by atoms with Gasteiger partial charge in [-0.25, -0.2) is 4.79 Å². The molecular formula is C14H17F3N2O3. The van der Waals surface area contributed by atoms with Crippen molar-refractivity contribution in [3.8, 4) is 0 Å². The Kier molecular flexibility index (Phi) is 5.78. The second-order valence-electron chi connectivity index (χ2n) is 4.36. The summed E-state index contributed by atoms with van der Waals surface area (Å²) in [6.45, 7) is 2.50. The molecule has 1 aromatic rings. The number of benzene rings is 1. The Morgan fingerprint density at radius 3 is 2.18 bits per heavy atom. The average molecular weight is 318 g/mol. The summed E-state index contributed by atoms with van der Waals surface area (Å²) in [5, 5.41) is 3.75. The zero-order valence-corrected chi connectivity index (χ0v) is 12.2. The van der Waals surface area contributed by atoms with Crippen molar-refractivity contribution < 1.29 is 27.5 Å². The van der Waals surface area contributed by atoms with E-state index in [9.17, 15) is 22.8 Å². The fraction of sp³-hybridized carbons (Fsp3) is 0.429. The Morgan fingerprint density at radius 1 is 1.14 bits per heavy atom. The Labute approximate surface area is 125 Å². The Morgan fingerprint density at radius 2 is 1.73 bits per heavy atom. The van der Waals surface area contributed by atoms with Crippen molar-refractivity contribution in [1.82, 2.24) is 5.32 Å². The minimum Gasteiger partial charge on any atom is -0.463 e. The van der Waals surface area contributed by atoms with Crippen molar-refractivity contribution in [1.29, 1.82) is 0 Å². The van der Waals surface area contributed by atoms with Gasteiger partial charge in [0.05, 0.1) is 6.61 Å². The molecule has 0 aliphatic rings. The number of esters is 1. The third-order valence-corrected chi connectivity index (χ3v) is 2.76. The number of hydrogen-bond donors (Lipinski definition) is 2. The summed E-state index contributed by atoms with van der Waals surface area (Å²) in [6.07, 6.45) is -5.31. The number of rotatable bonds is 6. The van der Waals surface area contributed by atoms with E-state index >= 15 is 0 Å². The Hall–Kier alpha value is -2.25. The van der Waals surface area contributed by atoms with Gasteiger partial charge in [-0.05, 0) is 19.1 Å². The topological polar surface area (TPSA) is 67.4 Å². The number of nitrogens with one attached hydrogen (secondary N) is 2. The highest BCUT2D eigenvalue weighted by atomic mass is 19.4. The standard InChI is InChI=1S/C14H17F3N2O3/c1-3-11(20)19-13(14(15,16)17,12(21)22-4-2)18-10-8-6-5-7-9-10/h5-9,18H,3-4H2,1-2H3,(H,19,20)/t13-/m0/s1. The van der Waals surface area contributed by atoms with Crippen LogP contribution in [0.2, 0.25) is 0 Å². The summed E-state index contributed by atoms with van der Waals surface area (Å²) in [4.78, 5) is 23.5. The van der Waals surface area contributed by atoms with E-state index < -0.39 is 23.7 Å². The van der Waals surface area contributed by atoms with Crippen LogP contribution in [0.1, 0.15) is 20.3 Å². The molecule has 2 N–H and O–H groups in total. The van der Waals surface area contributed by atoms with Gasteiger partial charge < -0.3 is 15.4 Å². The molecular weight excluding hydrogens is 301 g/mol. The fourth-order valence-corrected chi connectivity index (χ4v) is 1.67. The lowest BCUT2D eigenvalue weighted by Gasteiger charge is -2.35. The highest BCUT2D eigenvalue weighted by Gasteiger charge is 2.63. The summed E-state index contributed by atoms with van der Waals surface area (Å²) in [5.74, 6) is -2.55. The molecule has 1 atom stereocenters. The maximum atomic E-state index is 13.6. The summed E-state index contributed by atoms with van der Waals surface area (Å²) >= 11 is 0. The van der Waals surface area contributed by atoms with Gasteiger partial charge in [0.1, 0.15) is 0 Å². The Balaban J connectivity index is 3.30. The second kappa shape index (κ2) is 7.15. The van der Waals surface area contributed by atoms with Gasteiger partial charge in [-0.15, -0.1) is 0 Å². The third-order valence-electron chi connectivity index (χ3n) is 2.76. The predicted molar refractivity (Wildman–Crippen MR) is 73.9 cm³/mol. The van der Waals surface area contributed by atoms with Gasteiger partial charge in [0, 0.05) is 12.1 Å². The molecule has 0 spiro atoms. The van der Waals surface area contributed by atoms with Crippen molar-refractivity contribution in [3.05, 3.63) is 30.3 Å². The summed E-state index contributed by atoms with van der Waals surface area (Å²) in [6, 6.07) is 7.29. The molecule has 5 nitrogen and oxygen atoms in total. The van der Waals surface area contributed by atoms with Crippen LogP contribution in [0, 0.1) is 0 Å². The molecule has 8 heteroatoms. The van der Waals surface area contributed by atoms with Crippen LogP contribution in [-0.4, -0.2) is 30.3 Å². The lowest BCUT2D eigenvalue weighted by Crippen LogP contribution is -2.69. The van der Waals surface area contributed by atoms with E-state index in [1.165, 1.54) is 38.1 Å². The molecule has 0 radical (unpaired) electrons. The number of alkyl halides is 3. The van der Waals surface area contributed by atoms with Gasteiger partial charge in [-0.2, -0.15) is 13.2 Å². The number of anilines is 1. The smallest absolute Gasteiger partial charge is 0.441 e. The number of amides is 1. The highest BCUT2D eigenvalue weighted by Crippen LogP contribution is 2.33. The molecule has 0 saturated heterocycles. The number of hydrogen-bond acceptors (Lipinski definition) is 4. The van der Waals surface area contributed by atoms with Crippen LogP contribution in [0.15, 0.2) is 30.3 Å². The van der Waals surface area contributed by atoms with Gasteiger partial charge >= 0.3 is 17.8 Å². The molecule has 0 aromatic heterocycles. The number of ether oxygens (including phenoxy) is 1. The van der Waals surface area contributed by atoms with Crippen LogP contribution in [0.3, 0.4) is 0 Å².